The Labute approximate surface area is 140 Å². The van der Waals surface area contributed by atoms with Crippen LogP contribution in [-0.2, 0) is 10.0 Å². The molecule has 23 heavy (non-hydrogen) atoms. The van der Waals surface area contributed by atoms with Crippen LogP contribution in [0.3, 0.4) is 0 Å². The molecule has 126 valence electrons. The van der Waals surface area contributed by atoms with Crippen molar-refractivity contribution in [2.75, 3.05) is 18.4 Å². The first-order chi connectivity index (χ1) is 10.9. The predicted molar refractivity (Wildman–Crippen MR) is 87.9 cm³/mol. The molecule has 7 nitrogen and oxygen atoms in total. The second-order valence-corrected chi connectivity index (χ2v) is 8.60. The highest BCUT2D eigenvalue weighted by Gasteiger charge is 2.41. The van der Waals surface area contributed by atoms with Gasteiger partial charge in [-0.15, -0.1) is 0 Å². The lowest BCUT2D eigenvalue weighted by Gasteiger charge is -2.32. The van der Waals surface area contributed by atoms with Crippen LogP contribution in [-0.4, -0.2) is 48.0 Å². The minimum Gasteiger partial charge on any atom is -0.366 e. The minimum atomic E-state index is -3.10. The first-order valence-corrected chi connectivity index (χ1v) is 9.47. The number of pyridine rings is 1. The van der Waals surface area contributed by atoms with E-state index >= 15 is 0 Å². The van der Waals surface area contributed by atoms with Gasteiger partial charge in [0.1, 0.15) is 5.82 Å². The number of nitrogens with one attached hydrogen (secondary N) is 1. The number of anilines is 1. The molecule has 2 aliphatic rings. The van der Waals surface area contributed by atoms with Crippen LogP contribution in [0.25, 0.3) is 0 Å². The SMILES string of the molecule is NC(=O)c1cnc(NC2CCN(S(=O)(=O)C3CC3)CC2)c(Cl)c1. The van der Waals surface area contributed by atoms with E-state index in [1.54, 1.807) is 4.31 Å². The number of rotatable bonds is 5. The average Bonchev–Trinajstić information content (AvgIpc) is 3.35. The molecule has 0 spiro atoms. The zero-order valence-corrected chi connectivity index (χ0v) is 14.1. The fourth-order valence-electron chi connectivity index (χ4n) is 2.70. The zero-order chi connectivity index (χ0) is 16.6. The molecule has 1 aliphatic heterocycles. The molecular formula is C14H19ClN4O3S. The summed E-state index contributed by atoms with van der Waals surface area (Å²) in [5.74, 6) is -0.0929. The highest BCUT2D eigenvalue weighted by Crippen LogP contribution is 2.32. The molecule has 0 unspecified atom stereocenters. The topological polar surface area (TPSA) is 105 Å². The summed E-state index contributed by atoms with van der Waals surface area (Å²) >= 11 is 6.10. The monoisotopic (exact) mass is 358 g/mol. The van der Waals surface area contributed by atoms with Crippen LogP contribution in [0.15, 0.2) is 12.3 Å². The Bertz CT molecular complexity index is 713. The van der Waals surface area contributed by atoms with E-state index in [-0.39, 0.29) is 16.9 Å². The van der Waals surface area contributed by atoms with Crippen molar-refractivity contribution < 1.29 is 13.2 Å². The van der Waals surface area contributed by atoms with E-state index in [1.807, 2.05) is 0 Å². The Balaban J connectivity index is 1.59. The van der Waals surface area contributed by atoms with Gasteiger partial charge in [-0.3, -0.25) is 4.79 Å². The molecule has 1 amide bonds. The summed E-state index contributed by atoms with van der Waals surface area (Å²) in [6, 6.07) is 1.58. The van der Waals surface area contributed by atoms with E-state index in [0.29, 0.717) is 36.8 Å². The highest BCUT2D eigenvalue weighted by atomic mass is 35.5. The van der Waals surface area contributed by atoms with Gasteiger partial charge in [0.05, 0.1) is 15.8 Å². The molecule has 3 rings (SSSR count). The molecule has 2 fully saturated rings. The summed E-state index contributed by atoms with van der Waals surface area (Å²) in [4.78, 5) is 15.2. The van der Waals surface area contributed by atoms with Crippen molar-refractivity contribution in [1.82, 2.24) is 9.29 Å². The molecule has 3 N–H and O–H groups in total. The van der Waals surface area contributed by atoms with Gasteiger partial charge in [0.25, 0.3) is 0 Å². The van der Waals surface area contributed by atoms with E-state index in [9.17, 15) is 13.2 Å². The second-order valence-electron chi connectivity index (χ2n) is 5.98. The van der Waals surface area contributed by atoms with Crippen LogP contribution in [0.1, 0.15) is 36.0 Å². The van der Waals surface area contributed by atoms with E-state index in [4.69, 9.17) is 17.3 Å². The third-order valence-electron chi connectivity index (χ3n) is 4.23. The van der Waals surface area contributed by atoms with Gasteiger partial charge >= 0.3 is 0 Å². The van der Waals surface area contributed by atoms with Gasteiger partial charge in [-0.25, -0.2) is 17.7 Å². The number of hydrogen-bond acceptors (Lipinski definition) is 5. The largest absolute Gasteiger partial charge is 0.366 e. The molecule has 0 aromatic carbocycles. The molecular weight excluding hydrogens is 340 g/mol. The number of sulfonamides is 1. The number of halogens is 1. The lowest BCUT2D eigenvalue weighted by molar-refractivity contribution is 0.1000. The molecule has 1 aromatic rings. The molecule has 0 bridgehead atoms. The number of amides is 1. The number of nitrogens with zero attached hydrogens (tertiary/aromatic N) is 2. The Morgan fingerprint density at radius 2 is 1.96 bits per heavy atom. The summed E-state index contributed by atoms with van der Waals surface area (Å²) in [6.45, 7) is 1.01. The minimum absolute atomic E-state index is 0.102. The Hall–Kier alpha value is -1.38. The first kappa shape index (κ1) is 16.5. The van der Waals surface area contributed by atoms with E-state index < -0.39 is 15.9 Å². The Morgan fingerprint density at radius 1 is 1.30 bits per heavy atom. The number of piperidine rings is 1. The molecule has 0 atom stereocenters. The predicted octanol–water partition coefficient (Wildman–Crippen LogP) is 1.20. The van der Waals surface area contributed by atoms with Crippen molar-refractivity contribution >= 4 is 33.3 Å². The van der Waals surface area contributed by atoms with Crippen LogP contribution < -0.4 is 11.1 Å². The van der Waals surface area contributed by atoms with Crippen LogP contribution in [0.5, 0.6) is 0 Å². The van der Waals surface area contributed by atoms with Gasteiger partial charge in [-0.05, 0) is 31.7 Å². The fourth-order valence-corrected chi connectivity index (χ4v) is 4.80. The Morgan fingerprint density at radius 3 is 2.48 bits per heavy atom. The van der Waals surface area contributed by atoms with Crippen LogP contribution >= 0.6 is 11.6 Å². The van der Waals surface area contributed by atoms with Crippen molar-refractivity contribution in [2.24, 2.45) is 5.73 Å². The standard InChI is InChI=1S/C14H19ClN4O3S/c15-12-7-9(13(16)20)8-17-14(12)18-10-3-5-19(6-4-10)23(21,22)11-1-2-11/h7-8,10-11H,1-6H2,(H2,16,20)(H,17,18). The van der Waals surface area contributed by atoms with Gasteiger partial charge in [0, 0.05) is 25.3 Å². The summed E-state index contributed by atoms with van der Waals surface area (Å²) in [5, 5.41) is 3.38. The molecule has 1 saturated carbocycles. The summed E-state index contributed by atoms with van der Waals surface area (Å²) < 4.78 is 26.0. The summed E-state index contributed by atoms with van der Waals surface area (Å²) in [6.07, 6.45) is 4.34. The molecule has 1 aliphatic carbocycles. The molecule has 0 radical (unpaired) electrons. The summed E-state index contributed by atoms with van der Waals surface area (Å²) in [7, 11) is -3.10. The number of carbonyl (C=O) groups is 1. The smallest absolute Gasteiger partial charge is 0.250 e. The summed E-state index contributed by atoms with van der Waals surface area (Å²) in [5.41, 5.74) is 5.44. The van der Waals surface area contributed by atoms with E-state index in [1.165, 1.54) is 12.3 Å². The maximum absolute atomic E-state index is 12.2. The van der Waals surface area contributed by atoms with Gasteiger partial charge in [0.2, 0.25) is 15.9 Å². The van der Waals surface area contributed by atoms with Crippen molar-refractivity contribution in [3.63, 3.8) is 0 Å². The fraction of sp³-hybridized carbons (Fsp3) is 0.571. The maximum Gasteiger partial charge on any atom is 0.250 e. The quantitative estimate of drug-likeness (QED) is 0.822. The molecule has 1 aromatic heterocycles. The van der Waals surface area contributed by atoms with Gasteiger partial charge < -0.3 is 11.1 Å². The number of nitrogens with two attached hydrogens (primary N) is 1. The van der Waals surface area contributed by atoms with Gasteiger partial charge in [0.15, 0.2) is 0 Å². The average molecular weight is 359 g/mol. The lowest BCUT2D eigenvalue weighted by Crippen LogP contribution is -2.43. The highest BCUT2D eigenvalue weighted by molar-refractivity contribution is 7.90. The molecule has 1 saturated heterocycles. The normalized spacial score (nSPS) is 20.4. The van der Waals surface area contributed by atoms with Crippen molar-refractivity contribution in [2.45, 2.75) is 37.0 Å². The van der Waals surface area contributed by atoms with Crippen LogP contribution in [0.4, 0.5) is 5.82 Å². The number of carbonyl (C=O) groups excluding carboxylic acids is 1. The van der Waals surface area contributed by atoms with Crippen molar-refractivity contribution in [1.29, 1.82) is 0 Å². The second kappa shape index (κ2) is 6.26. The third kappa shape index (κ3) is 3.59. The third-order valence-corrected chi connectivity index (χ3v) is 6.91. The lowest BCUT2D eigenvalue weighted by atomic mass is 10.1. The van der Waals surface area contributed by atoms with Crippen LogP contribution in [0.2, 0.25) is 5.02 Å². The van der Waals surface area contributed by atoms with Crippen molar-refractivity contribution in [3.05, 3.63) is 22.8 Å². The van der Waals surface area contributed by atoms with E-state index in [0.717, 1.165) is 12.8 Å². The Kier molecular flexibility index (Phi) is 4.48. The van der Waals surface area contributed by atoms with Crippen LogP contribution in [0, 0.1) is 0 Å². The maximum atomic E-state index is 12.2. The van der Waals surface area contributed by atoms with E-state index in [2.05, 4.69) is 10.3 Å². The number of aromatic nitrogens is 1. The van der Waals surface area contributed by atoms with Gasteiger partial charge in [-0.2, -0.15) is 0 Å². The van der Waals surface area contributed by atoms with Crippen molar-refractivity contribution in [3.8, 4) is 0 Å². The molecule has 9 heteroatoms. The first-order valence-electron chi connectivity index (χ1n) is 7.59. The van der Waals surface area contributed by atoms with Gasteiger partial charge in [-0.1, -0.05) is 11.6 Å². The zero-order valence-electron chi connectivity index (χ0n) is 12.5. The number of primary amides is 1. The molecule has 2 heterocycles. The number of hydrogen-bond donors (Lipinski definition) is 2.